The maximum atomic E-state index is 11.5. The van der Waals surface area contributed by atoms with Crippen LogP contribution < -0.4 is 10.6 Å². The summed E-state index contributed by atoms with van der Waals surface area (Å²) in [4.78, 5) is 23.3. The van der Waals surface area contributed by atoms with Crippen molar-refractivity contribution >= 4 is 34.9 Å². The molecule has 5 nitrogen and oxygen atoms in total. The van der Waals surface area contributed by atoms with Gasteiger partial charge in [0.1, 0.15) is 6.04 Å². The Hall–Kier alpha value is -1.27. The van der Waals surface area contributed by atoms with Crippen molar-refractivity contribution in [3.05, 3.63) is 21.3 Å². The zero-order valence-electron chi connectivity index (χ0n) is 10.1. The van der Waals surface area contributed by atoms with Crippen LogP contribution in [0.2, 0.25) is 4.34 Å². The molecule has 1 aromatic rings. The van der Waals surface area contributed by atoms with E-state index in [0.717, 1.165) is 4.88 Å². The van der Waals surface area contributed by atoms with Crippen LogP contribution in [0.4, 0.5) is 4.79 Å². The molecule has 1 aromatic heterocycles. The predicted octanol–water partition coefficient (Wildman–Crippen LogP) is 2.31. The normalized spacial score (nSPS) is 12.2. The van der Waals surface area contributed by atoms with E-state index in [1.54, 1.807) is 19.9 Å². The molecule has 1 rings (SSSR count). The molecule has 0 aliphatic carbocycles. The van der Waals surface area contributed by atoms with E-state index in [0.29, 0.717) is 10.9 Å². The van der Waals surface area contributed by atoms with Crippen LogP contribution in [0, 0.1) is 5.92 Å². The second kappa shape index (κ2) is 6.61. The number of carboxylic acids is 1. The number of aliphatic carboxylic acids is 1. The molecule has 0 bridgehead atoms. The van der Waals surface area contributed by atoms with Crippen LogP contribution in [0.1, 0.15) is 18.7 Å². The number of halogens is 1. The van der Waals surface area contributed by atoms with Crippen LogP contribution in [-0.4, -0.2) is 23.1 Å². The number of thiophene rings is 1. The highest BCUT2D eigenvalue weighted by Gasteiger charge is 2.23. The Kier molecular flexibility index (Phi) is 5.43. The number of carbonyl (C=O) groups excluding carboxylic acids is 1. The van der Waals surface area contributed by atoms with Crippen LogP contribution in [0.25, 0.3) is 0 Å². The Morgan fingerprint density at radius 2 is 2.11 bits per heavy atom. The second-order valence-corrected chi connectivity index (χ2v) is 5.89. The van der Waals surface area contributed by atoms with Crippen LogP contribution in [-0.2, 0) is 11.3 Å². The lowest BCUT2D eigenvalue weighted by Gasteiger charge is -2.18. The minimum atomic E-state index is -1.04. The smallest absolute Gasteiger partial charge is 0.326 e. The zero-order chi connectivity index (χ0) is 13.7. The highest BCUT2D eigenvalue weighted by molar-refractivity contribution is 7.16. The first-order valence-corrected chi connectivity index (χ1v) is 6.61. The first kappa shape index (κ1) is 14.8. The van der Waals surface area contributed by atoms with Gasteiger partial charge in [0.2, 0.25) is 0 Å². The number of rotatable bonds is 5. The number of amides is 2. The van der Waals surface area contributed by atoms with Crippen LogP contribution in [0.3, 0.4) is 0 Å². The summed E-state index contributed by atoms with van der Waals surface area (Å²) in [5, 5.41) is 13.9. The maximum Gasteiger partial charge on any atom is 0.326 e. The average molecular weight is 291 g/mol. The molecule has 0 aliphatic rings. The van der Waals surface area contributed by atoms with Crippen molar-refractivity contribution in [1.82, 2.24) is 10.6 Å². The van der Waals surface area contributed by atoms with Gasteiger partial charge in [0.25, 0.3) is 0 Å². The molecular formula is C11H15ClN2O3S. The zero-order valence-corrected chi connectivity index (χ0v) is 11.6. The minimum absolute atomic E-state index is 0.176. The summed E-state index contributed by atoms with van der Waals surface area (Å²) in [5.74, 6) is -1.22. The molecule has 0 spiro atoms. The first-order valence-electron chi connectivity index (χ1n) is 5.41. The summed E-state index contributed by atoms with van der Waals surface area (Å²) in [6, 6.07) is 2.16. The van der Waals surface area contributed by atoms with Gasteiger partial charge in [0.15, 0.2) is 0 Å². The van der Waals surface area contributed by atoms with E-state index in [1.165, 1.54) is 11.3 Å². The van der Waals surface area contributed by atoms with Crippen molar-refractivity contribution in [3.63, 3.8) is 0 Å². The molecule has 18 heavy (non-hydrogen) atoms. The summed E-state index contributed by atoms with van der Waals surface area (Å²) in [6.07, 6.45) is 0. The van der Waals surface area contributed by atoms with Crippen molar-refractivity contribution in [2.24, 2.45) is 5.92 Å². The lowest BCUT2D eigenvalue weighted by molar-refractivity contribution is -0.140. The maximum absolute atomic E-state index is 11.5. The summed E-state index contributed by atoms with van der Waals surface area (Å²) < 4.78 is 0.651. The van der Waals surface area contributed by atoms with Gasteiger partial charge in [-0.15, -0.1) is 11.3 Å². The Morgan fingerprint density at radius 1 is 1.44 bits per heavy atom. The van der Waals surface area contributed by atoms with E-state index in [-0.39, 0.29) is 5.92 Å². The largest absolute Gasteiger partial charge is 0.480 e. The molecule has 3 N–H and O–H groups in total. The van der Waals surface area contributed by atoms with Crippen LogP contribution >= 0.6 is 22.9 Å². The fraction of sp³-hybridized carbons (Fsp3) is 0.455. The number of urea groups is 1. The van der Waals surface area contributed by atoms with Gasteiger partial charge in [-0.05, 0) is 18.1 Å². The molecule has 0 aliphatic heterocycles. The standard InChI is InChI=1S/C11H15ClN2O3S/c1-6(2)9(10(15)16)14-11(17)13-5-7-3-4-8(12)18-7/h3-4,6,9H,5H2,1-2H3,(H,15,16)(H2,13,14,17). The SMILES string of the molecule is CC(C)C(NC(=O)NCc1ccc(Cl)s1)C(=O)O. The molecule has 2 amide bonds. The molecule has 0 saturated carbocycles. The predicted molar refractivity (Wildman–Crippen MR) is 71.0 cm³/mol. The fourth-order valence-corrected chi connectivity index (χ4v) is 2.35. The topological polar surface area (TPSA) is 78.4 Å². The Morgan fingerprint density at radius 3 is 2.56 bits per heavy atom. The third kappa shape index (κ3) is 4.54. The van der Waals surface area contributed by atoms with Crippen molar-refractivity contribution in [3.8, 4) is 0 Å². The summed E-state index contributed by atoms with van der Waals surface area (Å²) >= 11 is 7.12. The van der Waals surface area contributed by atoms with Gasteiger partial charge in [-0.25, -0.2) is 9.59 Å². The van der Waals surface area contributed by atoms with E-state index >= 15 is 0 Å². The molecule has 0 fully saturated rings. The van der Waals surface area contributed by atoms with Gasteiger partial charge in [-0.1, -0.05) is 25.4 Å². The second-order valence-electron chi connectivity index (χ2n) is 4.09. The van der Waals surface area contributed by atoms with Gasteiger partial charge >= 0.3 is 12.0 Å². The molecule has 0 aromatic carbocycles. The van der Waals surface area contributed by atoms with Crippen molar-refractivity contribution < 1.29 is 14.7 Å². The third-order valence-electron chi connectivity index (χ3n) is 2.27. The monoisotopic (exact) mass is 290 g/mol. The van der Waals surface area contributed by atoms with E-state index in [9.17, 15) is 9.59 Å². The van der Waals surface area contributed by atoms with E-state index in [2.05, 4.69) is 10.6 Å². The highest BCUT2D eigenvalue weighted by atomic mass is 35.5. The van der Waals surface area contributed by atoms with Crippen molar-refractivity contribution in [1.29, 1.82) is 0 Å². The van der Waals surface area contributed by atoms with Gasteiger partial charge < -0.3 is 15.7 Å². The molecule has 1 heterocycles. The lowest BCUT2D eigenvalue weighted by atomic mass is 10.1. The molecular weight excluding hydrogens is 276 g/mol. The third-order valence-corrected chi connectivity index (χ3v) is 3.50. The first-order chi connectivity index (χ1) is 8.40. The number of hydrogen-bond acceptors (Lipinski definition) is 3. The van der Waals surface area contributed by atoms with E-state index < -0.39 is 18.0 Å². The number of carboxylic acid groups (broad SMARTS) is 1. The minimum Gasteiger partial charge on any atom is -0.480 e. The number of hydrogen-bond donors (Lipinski definition) is 3. The van der Waals surface area contributed by atoms with Crippen molar-refractivity contribution in [2.45, 2.75) is 26.4 Å². The molecule has 0 saturated heterocycles. The summed E-state index contributed by atoms with van der Waals surface area (Å²) in [7, 11) is 0. The Bertz CT molecular complexity index is 434. The average Bonchev–Trinajstić information content (AvgIpc) is 2.68. The Balaban J connectivity index is 2.43. The number of nitrogens with one attached hydrogen (secondary N) is 2. The quantitative estimate of drug-likeness (QED) is 0.778. The van der Waals surface area contributed by atoms with Gasteiger partial charge in [-0.2, -0.15) is 0 Å². The van der Waals surface area contributed by atoms with Gasteiger partial charge in [-0.3, -0.25) is 0 Å². The number of carbonyl (C=O) groups is 2. The molecule has 7 heteroatoms. The Labute approximate surface area is 114 Å². The fourth-order valence-electron chi connectivity index (χ4n) is 1.32. The van der Waals surface area contributed by atoms with E-state index in [1.807, 2.05) is 6.07 Å². The highest BCUT2D eigenvalue weighted by Crippen LogP contribution is 2.20. The van der Waals surface area contributed by atoms with Gasteiger partial charge in [0, 0.05) is 4.88 Å². The van der Waals surface area contributed by atoms with Gasteiger partial charge in [0.05, 0.1) is 10.9 Å². The lowest BCUT2D eigenvalue weighted by Crippen LogP contribution is -2.48. The van der Waals surface area contributed by atoms with Crippen LogP contribution in [0.5, 0.6) is 0 Å². The summed E-state index contributed by atoms with van der Waals surface area (Å²) in [6.45, 7) is 3.80. The van der Waals surface area contributed by atoms with Crippen molar-refractivity contribution in [2.75, 3.05) is 0 Å². The summed E-state index contributed by atoms with van der Waals surface area (Å²) in [5.41, 5.74) is 0. The van der Waals surface area contributed by atoms with Crippen LogP contribution in [0.15, 0.2) is 12.1 Å². The molecule has 1 unspecified atom stereocenters. The molecule has 1 atom stereocenters. The molecule has 0 radical (unpaired) electrons. The van der Waals surface area contributed by atoms with E-state index in [4.69, 9.17) is 16.7 Å². The molecule has 100 valence electrons.